The van der Waals surface area contributed by atoms with Crippen LogP contribution in [0.1, 0.15) is 21.5 Å². The Labute approximate surface area is 194 Å². The van der Waals surface area contributed by atoms with Crippen LogP contribution in [0.25, 0.3) is 0 Å². The molecule has 0 aliphatic carbocycles. The van der Waals surface area contributed by atoms with Gasteiger partial charge in [-0.25, -0.2) is 5.43 Å². The van der Waals surface area contributed by atoms with Crippen LogP contribution in [0, 0.1) is 0 Å². The van der Waals surface area contributed by atoms with E-state index in [0.29, 0.717) is 27.1 Å². The predicted octanol–water partition coefficient (Wildman–Crippen LogP) is 5.70. The summed E-state index contributed by atoms with van der Waals surface area (Å²) >= 11 is 18.4. The van der Waals surface area contributed by atoms with Crippen LogP contribution in [0.3, 0.4) is 0 Å². The molecule has 9 heteroatoms. The number of nitrogens with zero attached hydrogens (tertiary/aromatic N) is 1. The Morgan fingerprint density at radius 3 is 2.58 bits per heavy atom. The van der Waals surface area contributed by atoms with Crippen LogP contribution >= 0.6 is 34.8 Å². The summed E-state index contributed by atoms with van der Waals surface area (Å²) in [7, 11) is 1.48. The van der Waals surface area contributed by atoms with Crippen molar-refractivity contribution in [2.75, 3.05) is 7.11 Å². The normalized spacial score (nSPS) is 10.8. The van der Waals surface area contributed by atoms with Crippen molar-refractivity contribution in [3.63, 3.8) is 0 Å². The lowest BCUT2D eigenvalue weighted by Gasteiger charge is -2.14. The van der Waals surface area contributed by atoms with Crippen LogP contribution in [0.2, 0.25) is 15.1 Å². The molecule has 3 aromatic rings. The van der Waals surface area contributed by atoms with Crippen LogP contribution in [0.15, 0.2) is 59.7 Å². The van der Waals surface area contributed by atoms with Gasteiger partial charge in [0.25, 0.3) is 5.91 Å². The van der Waals surface area contributed by atoms with Gasteiger partial charge in [0, 0.05) is 15.6 Å². The van der Waals surface area contributed by atoms with E-state index in [2.05, 4.69) is 10.5 Å². The molecule has 160 valence electrons. The predicted molar refractivity (Wildman–Crippen MR) is 122 cm³/mol. The summed E-state index contributed by atoms with van der Waals surface area (Å²) in [6, 6.07) is 14.5. The van der Waals surface area contributed by atoms with Crippen LogP contribution < -0.4 is 14.9 Å². The number of hydrogen-bond acceptors (Lipinski definition) is 5. The fraction of sp³-hybridized carbons (Fsp3) is 0.0909. The number of phenols is 1. The van der Waals surface area contributed by atoms with E-state index < -0.39 is 5.91 Å². The molecule has 2 N–H and O–H groups in total. The van der Waals surface area contributed by atoms with E-state index in [9.17, 15) is 9.90 Å². The standard InChI is InChI=1S/C22H17Cl3N2O4/c1-30-20-9-13(11-26-27-22(29)16-4-2-3-5-19(16)28)8-18(25)21(20)31-12-14-6-7-15(23)10-17(14)24/h2-11,28H,12H2,1H3,(H,27,29)/b26-11-. The summed E-state index contributed by atoms with van der Waals surface area (Å²) in [5.74, 6) is 0.0334. The number of nitrogens with one attached hydrogen (secondary N) is 1. The van der Waals surface area contributed by atoms with Crippen molar-refractivity contribution in [1.29, 1.82) is 0 Å². The first-order chi connectivity index (χ1) is 14.9. The number of benzene rings is 3. The van der Waals surface area contributed by atoms with Gasteiger partial charge in [-0.2, -0.15) is 5.10 Å². The number of hydrogen-bond donors (Lipinski definition) is 2. The number of rotatable bonds is 7. The molecule has 3 rings (SSSR count). The molecule has 0 bridgehead atoms. The Morgan fingerprint density at radius 1 is 1.10 bits per heavy atom. The molecule has 0 fully saturated rings. The molecule has 6 nitrogen and oxygen atoms in total. The number of ether oxygens (including phenoxy) is 2. The van der Waals surface area contributed by atoms with Crippen molar-refractivity contribution in [2.24, 2.45) is 5.10 Å². The van der Waals surface area contributed by atoms with E-state index >= 15 is 0 Å². The summed E-state index contributed by atoms with van der Waals surface area (Å²) in [4.78, 5) is 12.1. The molecule has 3 aromatic carbocycles. The Morgan fingerprint density at radius 2 is 1.87 bits per heavy atom. The second-order valence-corrected chi connectivity index (χ2v) is 7.53. The fourth-order valence-electron chi connectivity index (χ4n) is 2.63. The highest BCUT2D eigenvalue weighted by molar-refractivity contribution is 6.35. The number of hydrazone groups is 1. The first kappa shape index (κ1) is 22.7. The number of methoxy groups -OCH3 is 1. The highest BCUT2D eigenvalue weighted by Crippen LogP contribution is 2.37. The van der Waals surface area contributed by atoms with Crippen LogP contribution in [-0.4, -0.2) is 24.3 Å². The summed E-state index contributed by atoms with van der Waals surface area (Å²) in [6.45, 7) is 0.163. The van der Waals surface area contributed by atoms with E-state index in [0.717, 1.165) is 5.56 Å². The zero-order chi connectivity index (χ0) is 22.4. The number of carbonyl (C=O) groups excluding carboxylic acids is 1. The van der Waals surface area contributed by atoms with Crippen molar-refractivity contribution in [3.8, 4) is 17.2 Å². The summed E-state index contributed by atoms with van der Waals surface area (Å²) in [5.41, 5.74) is 3.76. The molecule has 31 heavy (non-hydrogen) atoms. The molecule has 0 unspecified atom stereocenters. The second-order valence-electron chi connectivity index (χ2n) is 6.27. The van der Waals surface area contributed by atoms with Gasteiger partial charge in [0.05, 0.1) is 23.9 Å². The third-order valence-corrected chi connectivity index (χ3v) is 5.03. The van der Waals surface area contributed by atoms with Gasteiger partial charge in [-0.1, -0.05) is 53.0 Å². The quantitative estimate of drug-likeness (QED) is 0.336. The number of carbonyl (C=O) groups is 1. The van der Waals surface area contributed by atoms with E-state index in [1.807, 2.05) is 0 Å². The van der Waals surface area contributed by atoms with Crippen molar-refractivity contribution >= 4 is 46.9 Å². The van der Waals surface area contributed by atoms with Gasteiger partial charge in [0.15, 0.2) is 11.5 Å². The molecule has 0 radical (unpaired) electrons. The minimum absolute atomic E-state index is 0.111. The largest absolute Gasteiger partial charge is 0.507 e. The average Bonchev–Trinajstić information content (AvgIpc) is 2.74. The fourth-order valence-corrected chi connectivity index (χ4v) is 3.37. The number of para-hydroxylation sites is 1. The molecule has 0 aromatic heterocycles. The summed E-state index contributed by atoms with van der Waals surface area (Å²) in [5, 5.41) is 14.9. The van der Waals surface area contributed by atoms with Gasteiger partial charge >= 0.3 is 0 Å². The molecule has 0 aliphatic rings. The second kappa shape index (κ2) is 10.4. The molecule has 1 amide bonds. The average molecular weight is 480 g/mol. The molecule has 0 saturated carbocycles. The highest BCUT2D eigenvalue weighted by atomic mass is 35.5. The van der Waals surface area contributed by atoms with E-state index in [1.54, 1.807) is 42.5 Å². The van der Waals surface area contributed by atoms with Crippen LogP contribution in [0.4, 0.5) is 0 Å². The Bertz CT molecular complexity index is 1140. The zero-order valence-corrected chi connectivity index (χ0v) is 18.5. The van der Waals surface area contributed by atoms with Crippen molar-refractivity contribution in [3.05, 3.63) is 86.4 Å². The summed E-state index contributed by atoms with van der Waals surface area (Å²) < 4.78 is 11.2. The molecule has 0 heterocycles. The Hall–Kier alpha value is -2.93. The van der Waals surface area contributed by atoms with Gasteiger partial charge in [-0.15, -0.1) is 0 Å². The zero-order valence-electron chi connectivity index (χ0n) is 16.2. The Balaban J connectivity index is 1.72. The number of phenolic OH excluding ortho intramolecular Hbond substituents is 1. The van der Waals surface area contributed by atoms with Crippen LogP contribution in [0.5, 0.6) is 17.2 Å². The molecular formula is C22H17Cl3N2O4. The van der Waals surface area contributed by atoms with E-state index in [1.165, 1.54) is 25.5 Å². The first-order valence-electron chi connectivity index (χ1n) is 8.94. The number of amides is 1. The van der Waals surface area contributed by atoms with E-state index in [-0.39, 0.29) is 22.9 Å². The molecule has 0 atom stereocenters. The maximum atomic E-state index is 12.1. The van der Waals surface area contributed by atoms with Gasteiger partial charge < -0.3 is 14.6 Å². The van der Waals surface area contributed by atoms with Crippen LogP contribution in [-0.2, 0) is 6.61 Å². The van der Waals surface area contributed by atoms with E-state index in [4.69, 9.17) is 44.3 Å². The van der Waals surface area contributed by atoms with Gasteiger partial charge in [0.1, 0.15) is 12.4 Å². The monoisotopic (exact) mass is 478 g/mol. The minimum atomic E-state index is -0.549. The smallest absolute Gasteiger partial charge is 0.275 e. The van der Waals surface area contributed by atoms with Crippen molar-refractivity contribution in [2.45, 2.75) is 6.61 Å². The summed E-state index contributed by atoms with van der Waals surface area (Å²) in [6.07, 6.45) is 1.39. The Kier molecular flexibility index (Phi) is 7.63. The van der Waals surface area contributed by atoms with Gasteiger partial charge in [-0.3, -0.25) is 4.79 Å². The number of halogens is 3. The third-order valence-electron chi connectivity index (χ3n) is 4.17. The lowest BCUT2D eigenvalue weighted by atomic mass is 10.2. The lowest BCUT2D eigenvalue weighted by molar-refractivity contribution is 0.0952. The first-order valence-corrected chi connectivity index (χ1v) is 10.1. The third kappa shape index (κ3) is 5.82. The van der Waals surface area contributed by atoms with Crippen molar-refractivity contribution in [1.82, 2.24) is 5.43 Å². The highest BCUT2D eigenvalue weighted by Gasteiger charge is 2.13. The van der Waals surface area contributed by atoms with Gasteiger partial charge in [0.2, 0.25) is 0 Å². The topological polar surface area (TPSA) is 80.2 Å². The molecule has 0 spiro atoms. The maximum Gasteiger partial charge on any atom is 0.275 e. The molecular weight excluding hydrogens is 463 g/mol. The maximum absolute atomic E-state index is 12.1. The lowest BCUT2D eigenvalue weighted by Crippen LogP contribution is -2.17. The van der Waals surface area contributed by atoms with Gasteiger partial charge in [-0.05, 0) is 42.0 Å². The molecule has 0 saturated heterocycles. The molecule has 0 aliphatic heterocycles. The van der Waals surface area contributed by atoms with Crippen molar-refractivity contribution < 1.29 is 19.4 Å². The number of aromatic hydroxyl groups is 1. The SMILES string of the molecule is COc1cc(/C=N\NC(=O)c2ccccc2O)cc(Cl)c1OCc1ccc(Cl)cc1Cl. The minimum Gasteiger partial charge on any atom is -0.507 e.